The molecular weight excluding hydrogens is 852 g/mol. The number of carbonyl (C=O) groups is 1. The van der Waals surface area contributed by atoms with Gasteiger partial charge in [-0.1, -0.05) is 256 Å². The van der Waals surface area contributed by atoms with Crippen LogP contribution >= 0.6 is 7.82 Å². The number of aliphatic hydroxyl groups is 1. The molecule has 0 radical (unpaired) electrons. The topological polar surface area (TPSA) is 105 Å². The van der Waals surface area contributed by atoms with Crippen molar-refractivity contribution < 1.29 is 32.9 Å². The molecule has 0 saturated heterocycles. The number of phosphoric ester groups is 1. The van der Waals surface area contributed by atoms with Crippen LogP contribution < -0.4 is 5.32 Å². The maximum absolute atomic E-state index is 13.0. The molecule has 0 aliphatic heterocycles. The summed E-state index contributed by atoms with van der Waals surface area (Å²) in [5.74, 6) is -0.178. The van der Waals surface area contributed by atoms with Crippen LogP contribution in [0.15, 0.2) is 36.5 Å². The molecule has 0 heterocycles. The lowest BCUT2D eigenvalue weighted by atomic mass is 10.0. The second-order valence-corrected chi connectivity index (χ2v) is 22.5. The van der Waals surface area contributed by atoms with Crippen molar-refractivity contribution in [2.24, 2.45) is 0 Å². The maximum Gasteiger partial charge on any atom is 0.472 e. The molecule has 0 aromatic carbocycles. The molecule has 0 bridgehead atoms. The molecule has 9 heteroatoms. The van der Waals surface area contributed by atoms with Gasteiger partial charge in [-0.3, -0.25) is 13.8 Å². The van der Waals surface area contributed by atoms with Crippen molar-refractivity contribution in [1.29, 1.82) is 0 Å². The molecule has 3 atom stereocenters. The summed E-state index contributed by atoms with van der Waals surface area (Å²) in [7, 11) is 1.58. The molecule has 0 aliphatic rings. The number of phosphoric acid groups is 1. The van der Waals surface area contributed by atoms with Crippen molar-refractivity contribution in [3.63, 3.8) is 0 Å². The summed E-state index contributed by atoms with van der Waals surface area (Å²) < 4.78 is 23.7. The lowest BCUT2D eigenvalue weighted by Gasteiger charge is -2.25. The van der Waals surface area contributed by atoms with E-state index in [9.17, 15) is 19.4 Å². The molecule has 0 saturated carbocycles. The molecule has 0 spiro atoms. The van der Waals surface area contributed by atoms with Crippen LogP contribution in [-0.4, -0.2) is 73.4 Å². The van der Waals surface area contributed by atoms with E-state index in [-0.39, 0.29) is 19.1 Å². The van der Waals surface area contributed by atoms with Gasteiger partial charge in [0.2, 0.25) is 5.91 Å². The van der Waals surface area contributed by atoms with Crippen LogP contribution in [0.2, 0.25) is 0 Å². The van der Waals surface area contributed by atoms with E-state index in [1.807, 2.05) is 27.2 Å². The van der Waals surface area contributed by atoms with Gasteiger partial charge in [0.1, 0.15) is 13.2 Å². The van der Waals surface area contributed by atoms with Crippen LogP contribution in [0.1, 0.15) is 277 Å². The number of nitrogens with one attached hydrogen (secondary N) is 1. The zero-order chi connectivity index (χ0) is 49.2. The molecule has 0 rings (SSSR count). The minimum absolute atomic E-state index is 0.0611. The third-order valence-corrected chi connectivity index (χ3v) is 14.1. The number of rotatable bonds is 53. The van der Waals surface area contributed by atoms with Crippen LogP contribution in [0.25, 0.3) is 0 Å². The predicted molar refractivity (Wildman–Crippen MR) is 291 cm³/mol. The molecule has 0 aromatic rings. The highest BCUT2D eigenvalue weighted by atomic mass is 31.2. The first-order valence-electron chi connectivity index (χ1n) is 28.9. The van der Waals surface area contributed by atoms with Crippen molar-refractivity contribution in [3.8, 4) is 0 Å². The summed E-state index contributed by atoms with van der Waals surface area (Å²) in [6, 6.07) is -0.849. The highest BCUT2D eigenvalue weighted by Crippen LogP contribution is 2.43. The normalized spacial score (nSPS) is 14.2. The first kappa shape index (κ1) is 65.7. The minimum atomic E-state index is -4.35. The minimum Gasteiger partial charge on any atom is -0.387 e. The molecule has 0 aromatic heterocycles. The first-order chi connectivity index (χ1) is 32.5. The molecule has 1 amide bonds. The van der Waals surface area contributed by atoms with Crippen LogP contribution in [0.5, 0.6) is 0 Å². The van der Waals surface area contributed by atoms with Gasteiger partial charge in [-0.05, 0) is 51.4 Å². The Kier molecular flexibility index (Phi) is 48.7. The van der Waals surface area contributed by atoms with Crippen molar-refractivity contribution >= 4 is 13.7 Å². The molecule has 0 aliphatic carbocycles. The number of amides is 1. The monoisotopic (exact) mass is 966 g/mol. The van der Waals surface area contributed by atoms with E-state index in [1.54, 1.807) is 6.08 Å². The summed E-state index contributed by atoms with van der Waals surface area (Å²) in [4.78, 5) is 23.3. The van der Waals surface area contributed by atoms with Gasteiger partial charge in [0.15, 0.2) is 0 Å². The Labute approximate surface area is 417 Å². The third kappa shape index (κ3) is 52.4. The van der Waals surface area contributed by atoms with E-state index in [0.717, 1.165) is 44.9 Å². The van der Waals surface area contributed by atoms with Gasteiger partial charge >= 0.3 is 7.82 Å². The summed E-state index contributed by atoms with van der Waals surface area (Å²) in [6.07, 6.45) is 63.8. The zero-order valence-electron chi connectivity index (χ0n) is 45.2. The van der Waals surface area contributed by atoms with Crippen molar-refractivity contribution in [3.05, 3.63) is 36.5 Å². The van der Waals surface area contributed by atoms with Gasteiger partial charge in [0, 0.05) is 6.42 Å². The summed E-state index contributed by atoms with van der Waals surface area (Å²) in [5, 5.41) is 13.9. The maximum atomic E-state index is 13.0. The van der Waals surface area contributed by atoms with E-state index >= 15 is 0 Å². The average molecular weight is 967 g/mol. The molecule has 3 unspecified atom stereocenters. The molecular formula is C58H114N2O6P+. The fourth-order valence-electron chi connectivity index (χ4n) is 8.54. The number of quaternary nitrogens is 1. The fraction of sp³-hybridized carbons (Fsp3) is 0.879. The third-order valence-electron chi connectivity index (χ3n) is 13.1. The van der Waals surface area contributed by atoms with Gasteiger partial charge in [0.25, 0.3) is 0 Å². The Bertz CT molecular complexity index is 1190. The Balaban J connectivity index is 4.22. The highest BCUT2D eigenvalue weighted by Gasteiger charge is 2.27. The predicted octanol–water partition coefficient (Wildman–Crippen LogP) is 17.4. The lowest BCUT2D eigenvalue weighted by Crippen LogP contribution is -2.45. The number of carbonyl (C=O) groups excluding carboxylic acids is 1. The fourth-order valence-corrected chi connectivity index (χ4v) is 9.28. The van der Waals surface area contributed by atoms with Gasteiger partial charge in [-0.15, -0.1) is 0 Å². The Morgan fingerprint density at radius 1 is 0.507 bits per heavy atom. The largest absolute Gasteiger partial charge is 0.472 e. The number of hydrogen-bond acceptors (Lipinski definition) is 5. The molecule has 67 heavy (non-hydrogen) atoms. The molecule has 3 N–H and O–H groups in total. The number of allylic oxidation sites excluding steroid dienone is 5. The second-order valence-electron chi connectivity index (χ2n) is 21.0. The summed E-state index contributed by atoms with van der Waals surface area (Å²) in [5.41, 5.74) is 0. The van der Waals surface area contributed by atoms with Gasteiger partial charge in [-0.2, -0.15) is 0 Å². The first-order valence-corrected chi connectivity index (χ1v) is 30.4. The number of hydrogen-bond donors (Lipinski definition) is 3. The number of likely N-dealkylation sites (N-methyl/N-ethyl adjacent to an activating group) is 1. The Morgan fingerprint density at radius 3 is 1.22 bits per heavy atom. The zero-order valence-corrected chi connectivity index (χ0v) is 46.0. The second kappa shape index (κ2) is 49.7. The smallest absolute Gasteiger partial charge is 0.387 e. The van der Waals surface area contributed by atoms with Crippen molar-refractivity contribution in [2.75, 3.05) is 40.9 Å². The van der Waals surface area contributed by atoms with E-state index in [1.165, 1.54) is 212 Å². The van der Waals surface area contributed by atoms with E-state index < -0.39 is 20.0 Å². The van der Waals surface area contributed by atoms with Crippen LogP contribution in [0.3, 0.4) is 0 Å². The Morgan fingerprint density at radius 2 is 0.851 bits per heavy atom. The quantitative estimate of drug-likeness (QED) is 0.0243. The molecule has 8 nitrogen and oxygen atoms in total. The van der Waals surface area contributed by atoms with Crippen LogP contribution in [0, 0.1) is 0 Å². The lowest BCUT2D eigenvalue weighted by molar-refractivity contribution is -0.870. The van der Waals surface area contributed by atoms with Gasteiger partial charge < -0.3 is 19.8 Å². The SMILES string of the molecule is CCCCCCC/C=C\C/C=C\CCCCCCCCCCCC(=O)NC(COP(=O)(O)OCC[N+](C)(C)C)C(O)/C=C/CCCCCCCCCCCCCCCCCCCCCCCC. The molecule has 396 valence electrons. The van der Waals surface area contributed by atoms with Crippen molar-refractivity contribution in [2.45, 2.75) is 289 Å². The van der Waals surface area contributed by atoms with E-state index in [0.29, 0.717) is 17.4 Å². The van der Waals surface area contributed by atoms with Crippen LogP contribution in [0.4, 0.5) is 0 Å². The highest BCUT2D eigenvalue weighted by molar-refractivity contribution is 7.47. The van der Waals surface area contributed by atoms with E-state index in [4.69, 9.17) is 9.05 Å². The van der Waals surface area contributed by atoms with Gasteiger partial charge in [0.05, 0.1) is 39.9 Å². The molecule has 0 fully saturated rings. The van der Waals surface area contributed by atoms with Crippen LogP contribution in [-0.2, 0) is 18.4 Å². The standard InChI is InChI=1S/C58H113N2O6P/c1-6-8-10-12-14-16-18-20-22-24-26-28-29-30-32-33-35-37-39-41-43-45-47-49-51-57(61)56(55-66-67(63,64)65-54-53-60(3,4)5)59-58(62)52-50-48-46-44-42-40-38-36-34-31-27-25-23-21-19-17-15-13-11-9-7-2/h19,21,25,27,49,51,56-57,61H,6-18,20,22-24,26,28-48,50,52-55H2,1-5H3,(H-,59,62,63,64)/p+1/b21-19-,27-25-,51-49+. The summed E-state index contributed by atoms with van der Waals surface area (Å²) >= 11 is 0. The Hall–Kier alpha value is -1.28. The summed E-state index contributed by atoms with van der Waals surface area (Å²) in [6.45, 7) is 4.84. The van der Waals surface area contributed by atoms with E-state index in [2.05, 4.69) is 43.5 Å². The van der Waals surface area contributed by atoms with Crippen molar-refractivity contribution in [1.82, 2.24) is 5.32 Å². The number of unbranched alkanes of at least 4 members (excludes halogenated alkanes) is 36. The van der Waals surface area contributed by atoms with Gasteiger partial charge in [-0.25, -0.2) is 4.57 Å². The number of aliphatic hydroxyl groups excluding tert-OH is 1. The average Bonchev–Trinajstić information content (AvgIpc) is 3.29. The number of nitrogens with zero attached hydrogens (tertiary/aromatic N) is 1.